The minimum absolute atomic E-state index is 0.229. The van der Waals surface area contributed by atoms with E-state index in [4.69, 9.17) is 0 Å². The van der Waals surface area contributed by atoms with E-state index < -0.39 is 23.6 Å². The number of anilines is 1. The van der Waals surface area contributed by atoms with Crippen LogP contribution in [0.1, 0.15) is 12.8 Å². The molecule has 1 fully saturated rings. The Morgan fingerprint density at radius 3 is 2.65 bits per heavy atom. The average molecular weight is 240 g/mol. The van der Waals surface area contributed by atoms with Crippen LogP contribution in [0.25, 0.3) is 0 Å². The number of hydrogen-bond donors (Lipinski definition) is 2. The smallest absolute Gasteiger partial charge is 0.249 e. The number of hydrogen-bond acceptors (Lipinski definition) is 3. The molecule has 2 amide bonds. The van der Waals surface area contributed by atoms with Crippen molar-refractivity contribution in [2.45, 2.75) is 18.9 Å². The number of carbonyl (C=O) groups excluding carboxylic acids is 2. The fourth-order valence-corrected chi connectivity index (χ4v) is 1.62. The van der Waals surface area contributed by atoms with Crippen LogP contribution in [-0.4, -0.2) is 17.9 Å². The molecule has 6 heteroatoms. The number of imide groups is 1. The standard InChI is InChI=1S/C11H10F2N2O2/c12-7-2-1-6(5-8(7)13)14-9-3-4-10(16)15-11(9)17/h1-2,5,9,14H,3-4H2,(H,15,16,17). The maximum absolute atomic E-state index is 12.9. The number of nitrogens with one attached hydrogen (secondary N) is 2. The first kappa shape index (κ1) is 11.5. The summed E-state index contributed by atoms with van der Waals surface area (Å²) in [5, 5.41) is 4.92. The van der Waals surface area contributed by atoms with Gasteiger partial charge in [-0.05, 0) is 18.6 Å². The number of piperidine rings is 1. The second kappa shape index (κ2) is 4.48. The predicted octanol–water partition coefficient (Wildman–Crippen LogP) is 1.18. The van der Waals surface area contributed by atoms with E-state index in [1.54, 1.807) is 0 Å². The monoisotopic (exact) mass is 240 g/mol. The quantitative estimate of drug-likeness (QED) is 0.763. The molecule has 0 aromatic heterocycles. The minimum Gasteiger partial charge on any atom is -0.374 e. The van der Waals surface area contributed by atoms with Crippen molar-refractivity contribution in [2.24, 2.45) is 0 Å². The molecule has 0 aliphatic carbocycles. The second-order valence-electron chi connectivity index (χ2n) is 3.78. The molecule has 17 heavy (non-hydrogen) atoms. The van der Waals surface area contributed by atoms with Crippen molar-refractivity contribution in [3.8, 4) is 0 Å². The Bertz CT molecular complexity index is 477. The molecule has 1 aromatic carbocycles. The average Bonchev–Trinajstić information content (AvgIpc) is 2.27. The Labute approximate surface area is 96.0 Å². The summed E-state index contributed by atoms with van der Waals surface area (Å²) in [6.07, 6.45) is 0.566. The normalized spacial score (nSPS) is 20.0. The third kappa shape index (κ3) is 2.58. The largest absolute Gasteiger partial charge is 0.374 e. The maximum atomic E-state index is 12.9. The summed E-state index contributed by atoms with van der Waals surface area (Å²) in [5.41, 5.74) is 0.304. The van der Waals surface area contributed by atoms with Crippen LogP contribution in [-0.2, 0) is 9.59 Å². The van der Waals surface area contributed by atoms with Crippen LogP contribution in [0.15, 0.2) is 18.2 Å². The molecule has 0 bridgehead atoms. The summed E-state index contributed by atoms with van der Waals surface area (Å²) in [7, 11) is 0. The van der Waals surface area contributed by atoms with E-state index in [9.17, 15) is 18.4 Å². The van der Waals surface area contributed by atoms with Gasteiger partial charge in [0.2, 0.25) is 11.8 Å². The fourth-order valence-electron chi connectivity index (χ4n) is 1.62. The highest BCUT2D eigenvalue weighted by atomic mass is 19.2. The van der Waals surface area contributed by atoms with Gasteiger partial charge in [-0.3, -0.25) is 14.9 Å². The summed E-state index contributed by atoms with van der Waals surface area (Å²) in [5.74, 6) is -2.70. The van der Waals surface area contributed by atoms with Gasteiger partial charge in [-0.15, -0.1) is 0 Å². The van der Waals surface area contributed by atoms with Gasteiger partial charge in [0.15, 0.2) is 11.6 Å². The van der Waals surface area contributed by atoms with Crippen LogP contribution in [0.3, 0.4) is 0 Å². The highest BCUT2D eigenvalue weighted by molar-refractivity contribution is 6.01. The van der Waals surface area contributed by atoms with E-state index in [0.717, 1.165) is 12.1 Å². The van der Waals surface area contributed by atoms with Gasteiger partial charge in [-0.25, -0.2) is 8.78 Å². The van der Waals surface area contributed by atoms with Crippen LogP contribution in [0, 0.1) is 11.6 Å². The Balaban J connectivity index is 2.08. The van der Waals surface area contributed by atoms with Gasteiger partial charge >= 0.3 is 0 Å². The second-order valence-corrected chi connectivity index (χ2v) is 3.78. The van der Waals surface area contributed by atoms with E-state index >= 15 is 0 Å². The molecule has 2 rings (SSSR count). The molecule has 1 heterocycles. The van der Waals surface area contributed by atoms with Crippen LogP contribution in [0.2, 0.25) is 0 Å². The maximum Gasteiger partial charge on any atom is 0.249 e. The lowest BCUT2D eigenvalue weighted by Crippen LogP contribution is -2.47. The van der Waals surface area contributed by atoms with Crippen LogP contribution in [0.5, 0.6) is 0 Å². The first-order valence-electron chi connectivity index (χ1n) is 5.11. The molecule has 1 aromatic rings. The van der Waals surface area contributed by atoms with Crippen molar-refractivity contribution < 1.29 is 18.4 Å². The Kier molecular flexibility index (Phi) is 3.03. The van der Waals surface area contributed by atoms with Crippen LogP contribution < -0.4 is 10.6 Å². The molecular weight excluding hydrogens is 230 g/mol. The highest BCUT2D eigenvalue weighted by Gasteiger charge is 2.26. The van der Waals surface area contributed by atoms with Gasteiger partial charge in [0.05, 0.1) is 0 Å². The molecule has 0 saturated carbocycles. The van der Waals surface area contributed by atoms with Crippen molar-refractivity contribution >= 4 is 17.5 Å². The number of benzene rings is 1. The molecule has 1 atom stereocenters. The molecule has 1 unspecified atom stereocenters. The summed E-state index contributed by atoms with van der Waals surface area (Å²) >= 11 is 0. The Morgan fingerprint density at radius 1 is 1.24 bits per heavy atom. The van der Waals surface area contributed by atoms with Crippen molar-refractivity contribution in [1.29, 1.82) is 0 Å². The topological polar surface area (TPSA) is 58.2 Å². The van der Waals surface area contributed by atoms with Crippen LogP contribution in [0.4, 0.5) is 14.5 Å². The lowest BCUT2D eigenvalue weighted by molar-refractivity contribution is -0.133. The molecule has 0 spiro atoms. The molecule has 1 aliphatic rings. The predicted molar refractivity (Wildman–Crippen MR) is 56.2 cm³/mol. The number of halogens is 2. The lowest BCUT2D eigenvalue weighted by Gasteiger charge is -2.22. The van der Waals surface area contributed by atoms with E-state index in [1.165, 1.54) is 6.07 Å². The van der Waals surface area contributed by atoms with Crippen molar-refractivity contribution in [1.82, 2.24) is 5.32 Å². The number of amides is 2. The van der Waals surface area contributed by atoms with Gasteiger partial charge < -0.3 is 5.32 Å². The molecule has 2 N–H and O–H groups in total. The first-order valence-corrected chi connectivity index (χ1v) is 5.11. The Morgan fingerprint density at radius 2 is 2.00 bits per heavy atom. The van der Waals surface area contributed by atoms with E-state index in [2.05, 4.69) is 10.6 Å². The van der Waals surface area contributed by atoms with Gasteiger partial charge in [-0.1, -0.05) is 0 Å². The summed E-state index contributed by atoms with van der Waals surface area (Å²) in [6.45, 7) is 0. The van der Waals surface area contributed by atoms with Gasteiger partial charge in [0.1, 0.15) is 6.04 Å². The third-order valence-corrected chi connectivity index (χ3v) is 2.50. The van der Waals surface area contributed by atoms with E-state index in [0.29, 0.717) is 12.1 Å². The summed E-state index contributed by atoms with van der Waals surface area (Å²) < 4.78 is 25.6. The van der Waals surface area contributed by atoms with Crippen molar-refractivity contribution in [2.75, 3.05) is 5.32 Å². The molecule has 1 aliphatic heterocycles. The first-order chi connectivity index (χ1) is 8.06. The minimum atomic E-state index is -0.984. The number of carbonyl (C=O) groups is 2. The molecular formula is C11H10F2N2O2. The zero-order valence-electron chi connectivity index (χ0n) is 8.80. The fraction of sp³-hybridized carbons (Fsp3) is 0.273. The van der Waals surface area contributed by atoms with E-state index in [-0.39, 0.29) is 12.3 Å². The molecule has 1 saturated heterocycles. The summed E-state index contributed by atoms with van der Waals surface area (Å²) in [6, 6.07) is 2.68. The highest BCUT2D eigenvalue weighted by Crippen LogP contribution is 2.16. The third-order valence-electron chi connectivity index (χ3n) is 2.50. The van der Waals surface area contributed by atoms with Crippen molar-refractivity contribution in [3.05, 3.63) is 29.8 Å². The molecule has 90 valence electrons. The van der Waals surface area contributed by atoms with Crippen molar-refractivity contribution in [3.63, 3.8) is 0 Å². The SMILES string of the molecule is O=C1CCC(Nc2ccc(F)c(F)c2)C(=O)N1. The summed E-state index contributed by atoms with van der Waals surface area (Å²) in [4.78, 5) is 22.3. The van der Waals surface area contributed by atoms with E-state index in [1.807, 2.05) is 0 Å². The zero-order valence-corrected chi connectivity index (χ0v) is 8.80. The van der Waals surface area contributed by atoms with Crippen LogP contribution >= 0.6 is 0 Å². The lowest BCUT2D eigenvalue weighted by atomic mass is 10.1. The number of rotatable bonds is 2. The molecule has 4 nitrogen and oxygen atoms in total. The zero-order chi connectivity index (χ0) is 12.4. The molecule has 0 radical (unpaired) electrons. The van der Waals surface area contributed by atoms with Gasteiger partial charge in [0.25, 0.3) is 0 Å². The van der Waals surface area contributed by atoms with Gasteiger partial charge in [0, 0.05) is 18.2 Å². The van der Waals surface area contributed by atoms with Gasteiger partial charge in [-0.2, -0.15) is 0 Å². The Hall–Kier alpha value is -1.98.